The number of nitrogens with one attached hydrogen (secondary N) is 1. The van der Waals surface area contributed by atoms with E-state index in [1.165, 1.54) is 6.20 Å². The van der Waals surface area contributed by atoms with Gasteiger partial charge in [-0.05, 0) is 18.2 Å². The first-order valence-corrected chi connectivity index (χ1v) is 7.85. The topological polar surface area (TPSA) is 128 Å². The molecule has 0 aliphatic carbocycles. The maximum Gasteiger partial charge on any atom is 0.271 e. The summed E-state index contributed by atoms with van der Waals surface area (Å²) in [5.41, 5.74) is 0.365. The Kier molecular flexibility index (Phi) is 4.59. The molecule has 0 amide bonds. The van der Waals surface area contributed by atoms with E-state index in [0.29, 0.717) is 10.7 Å². The lowest BCUT2D eigenvalue weighted by atomic mass is 10.2. The third-order valence-corrected chi connectivity index (χ3v) is 3.92. The van der Waals surface area contributed by atoms with Crippen molar-refractivity contribution in [3.63, 3.8) is 0 Å². The fraction of sp³-hybridized carbons (Fsp3) is 0.0833. The highest BCUT2D eigenvalue weighted by molar-refractivity contribution is 7.89. The van der Waals surface area contributed by atoms with Crippen LogP contribution in [0.15, 0.2) is 41.4 Å². The molecule has 3 N–H and O–H groups in total. The van der Waals surface area contributed by atoms with Crippen LogP contribution in [-0.2, 0) is 16.6 Å². The quantitative estimate of drug-likeness (QED) is 0.630. The smallest absolute Gasteiger partial charge is 0.271 e. The summed E-state index contributed by atoms with van der Waals surface area (Å²) < 4.78 is 23.1. The molecule has 0 saturated carbocycles. The molecule has 0 radical (unpaired) electrons. The van der Waals surface area contributed by atoms with Crippen LogP contribution >= 0.6 is 11.6 Å². The summed E-state index contributed by atoms with van der Waals surface area (Å²) in [4.78, 5) is 14.0. The number of nitrogens with two attached hydrogens (primary N) is 1. The molecule has 2 rings (SSSR count). The highest BCUT2D eigenvalue weighted by atomic mass is 35.5. The van der Waals surface area contributed by atoms with Gasteiger partial charge in [-0.1, -0.05) is 11.6 Å². The highest BCUT2D eigenvalue weighted by Crippen LogP contribution is 2.26. The fourth-order valence-corrected chi connectivity index (χ4v) is 2.52. The maximum absolute atomic E-state index is 11.5. The lowest BCUT2D eigenvalue weighted by molar-refractivity contribution is -0.384. The second kappa shape index (κ2) is 6.26. The minimum Gasteiger partial charge on any atom is -0.378 e. The standard InChI is InChI=1S/C12H11ClN4O4S/c13-8-1-2-9(15-6-8)7-16-11-5-10(17(18)19)3-4-12(11)22(14,20)21/h1-6,16H,7H2,(H2,14,20,21). The van der Waals surface area contributed by atoms with E-state index in [4.69, 9.17) is 16.7 Å². The molecular formula is C12H11ClN4O4S. The third kappa shape index (κ3) is 3.91. The van der Waals surface area contributed by atoms with Crippen LogP contribution in [0.5, 0.6) is 0 Å². The number of hydrogen-bond acceptors (Lipinski definition) is 6. The number of halogens is 1. The minimum absolute atomic E-state index is 0.0356. The molecule has 0 unspecified atom stereocenters. The second-order valence-corrected chi connectivity index (χ2v) is 6.27. The van der Waals surface area contributed by atoms with Crippen molar-refractivity contribution in [1.29, 1.82) is 0 Å². The lowest BCUT2D eigenvalue weighted by Crippen LogP contribution is -2.15. The number of aromatic nitrogens is 1. The number of sulfonamides is 1. The van der Waals surface area contributed by atoms with Crippen molar-refractivity contribution in [3.05, 3.63) is 57.4 Å². The van der Waals surface area contributed by atoms with Gasteiger partial charge in [0.1, 0.15) is 4.90 Å². The van der Waals surface area contributed by atoms with Crippen molar-refractivity contribution in [1.82, 2.24) is 4.98 Å². The van der Waals surface area contributed by atoms with Gasteiger partial charge in [0.2, 0.25) is 10.0 Å². The highest BCUT2D eigenvalue weighted by Gasteiger charge is 2.18. The lowest BCUT2D eigenvalue weighted by Gasteiger charge is -2.10. The molecule has 116 valence electrons. The molecule has 8 nitrogen and oxygen atoms in total. The maximum atomic E-state index is 11.5. The molecule has 2 aromatic rings. The largest absolute Gasteiger partial charge is 0.378 e. The van der Waals surface area contributed by atoms with Crippen molar-refractivity contribution in [2.75, 3.05) is 5.32 Å². The van der Waals surface area contributed by atoms with Crippen LogP contribution in [0.4, 0.5) is 11.4 Å². The Labute approximate surface area is 131 Å². The molecule has 1 heterocycles. The summed E-state index contributed by atoms with van der Waals surface area (Å²) in [5.74, 6) is 0. The van der Waals surface area contributed by atoms with E-state index in [-0.39, 0.29) is 22.8 Å². The van der Waals surface area contributed by atoms with Crippen LogP contribution in [0.25, 0.3) is 0 Å². The Morgan fingerprint density at radius 1 is 1.32 bits per heavy atom. The average molecular weight is 343 g/mol. The van der Waals surface area contributed by atoms with Crippen molar-refractivity contribution in [3.8, 4) is 0 Å². The number of nitro benzene ring substituents is 1. The van der Waals surface area contributed by atoms with Gasteiger partial charge in [0, 0.05) is 18.3 Å². The van der Waals surface area contributed by atoms with Crippen molar-refractivity contribution < 1.29 is 13.3 Å². The summed E-state index contributed by atoms with van der Waals surface area (Å²) in [7, 11) is -4.01. The second-order valence-electron chi connectivity index (χ2n) is 4.30. The van der Waals surface area contributed by atoms with Crippen LogP contribution < -0.4 is 10.5 Å². The molecule has 1 aromatic carbocycles. The van der Waals surface area contributed by atoms with E-state index in [1.807, 2.05) is 0 Å². The van der Waals surface area contributed by atoms with Gasteiger partial charge < -0.3 is 5.32 Å². The molecule has 0 aliphatic rings. The Balaban J connectivity index is 2.32. The first kappa shape index (κ1) is 16.1. The number of nitrogens with zero attached hydrogens (tertiary/aromatic N) is 2. The van der Waals surface area contributed by atoms with Crippen molar-refractivity contribution in [2.45, 2.75) is 11.4 Å². The van der Waals surface area contributed by atoms with Gasteiger partial charge in [-0.2, -0.15) is 0 Å². The number of benzene rings is 1. The third-order valence-electron chi connectivity index (χ3n) is 2.73. The van der Waals surface area contributed by atoms with E-state index >= 15 is 0 Å². The minimum atomic E-state index is -4.01. The fourth-order valence-electron chi connectivity index (χ4n) is 1.71. The van der Waals surface area contributed by atoms with Gasteiger partial charge >= 0.3 is 0 Å². The normalized spacial score (nSPS) is 11.2. The van der Waals surface area contributed by atoms with Crippen LogP contribution in [0.3, 0.4) is 0 Å². The molecule has 0 saturated heterocycles. The van der Waals surface area contributed by atoms with Gasteiger partial charge in [-0.3, -0.25) is 15.1 Å². The van der Waals surface area contributed by atoms with Crippen LogP contribution in [0.2, 0.25) is 5.02 Å². The summed E-state index contributed by atoms with van der Waals surface area (Å²) in [6.45, 7) is 0.154. The SMILES string of the molecule is NS(=O)(=O)c1ccc([N+](=O)[O-])cc1NCc1ccc(Cl)cn1. The van der Waals surface area contributed by atoms with Gasteiger partial charge in [-0.25, -0.2) is 13.6 Å². The summed E-state index contributed by atoms with van der Waals surface area (Å²) in [6.07, 6.45) is 1.44. The summed E-state index contributed by atoms with van der Waals surface area (Å²) in [6, 6.07) is 6.54. The van der Waals surface area contributed by atoms with Gasteiger partial charge in [0.15, 0.2) is 0 Å². The van der Waals surface area contributed by atoms with E-state index < -0.39 is 14.9 Å². The Hall–Kier alpha value is -2.23. The zero-order valence-corrected chi connectivity index (χ0v) is 12.6. The van der Waals surface area contributed by atoms with Crippen molar-refractivity contribution >= 4 is 33.0 Å². The molecule has 1 aromatic heterocycles. The Morgan fingerprint density at radius 3 is 2.59 bits per heavy atom. The van der Waals surface area contributed by atoms with E-state index in [1.54, 1.807) is 12.1 Å². The van der Waals surface area contributed by atoms with Crippen molar-refractivity contribution in [2.24, 2.45) is 5.14 Å². The predicted molar refractivity (Wildman–Crippen MR) is 81.0 cm³/mol. The monoisotopic (exact) mass is 342 g/mol. The van der Waals surface area contributed by atoms with Crippen LogP contribution in [0.1, 0.15) is 5.69 Å². The molecule has 0 atom stereocenters. The Morgan fingerprint density at radius 2 is 2.05 bits per heavy atom. The zero-order valence-electron chi connectivity index (χ0n) is 11.1. The number of anilines is 1. The predicted octanol–water partition coefficient (Wildman–Crippen LogP) is 1.90. The molecule has 0 spiro atoms. The van der Waals surface area contributed by atoms with Crippen LogP contribution in [-0.4, -0.2) is 18.3 Å². The molecule has 0 aliphatic heterocycles. The number of rotatable bonds is 5. The number of nitro groups is 1. The van der Waals surface area contributed by atoms with Crippen LogP contribution in [0, 0.1) is 10.1 Å². The number of non-ortho nitro benzene ring substituents is 1. The van der Waals surface area contributed by atoms with E-state index in [2.05, 4.69) is 10.3 Å². The average Bonchev–Trinajstić information content (AvgIpc) is 2.45. The molecular weight excluding hydrogens is 332 g/mol. The summed E-state index contributed by atoms with van der Waals surface area (Å²) >= 11 is 5.72. The number of primary sulfonamides is 1. The van der Waals surface area contributed by atoms with E-state index in [9.17, 15) is 18.5 Å². The molecule has 0 fully saturated rings. The first-order chi connectivity index (χ1) is 10.3. The Bertz CT molecular complexity index is 808. The first-order valence-electron chi connectivity index (χ1n) is 5.93. The van der Waals surface area contributed by atoms with Gasteiger partial charge in [0.05, 0.1) is 27.9 Å². The number of pyridine rings is 1. The summed E-state index contributed by atoms with van der Waals surface area (Å²) in [5, 5.41) is 19.1. The molecule has 22 heavy (non-hydrogen) atoms. The van der Waals surface area contributed by atoms with E-state index in [0.717, 1.165) is 18.2 Å². The molecule has 0 bridgehead atoms. The number of hydrogen-bond donors (Lipinski definition) is 2. The van der Waals surface area contributed by atoms with Gasteiger partial charge in [-0.15, -0.1) is 0 Å². The molecule has 10 heteroatoms. The van der Waals surface area contributed by atoms with Gasteiger partial charge in [0.25, 0.3) is 5.69 Å². The zero-order chi connectivity index (χ0) is 16.3.